The molecule has 1 N–H and O–H groups in total. The second-order valence-corrected chi connectivity index (χ2v) is 4.62. The topological polar surface area (TPSA) is 82.2 Å². The van der Waals surface area contributed by atoms with Crippen LogP contribution in [0.4, 0.5) is 10.1 Å². The Bertz CT molecular complexity index is 547. The molecule has 1 aliphatic heterocycles. The third-order valence-corrected chi connectivity index (χ3v) is 3.43. The van der Waals surface area contributed by atoms with Crippen LogP contribution < -0.4 is 5.32 Å². The first kappa shape index (κ1) is 20.5. The van der Waals surface area contributed by atoms with Crippen molar-refractivity contribution in [3.63, 3.8) is 0 Å². The van der Waals surface area contributed by atoms with E-state index in [1.54, 1.807) is 0 Å². The van der Waals surface area contributed by atoms with E-state index in [9.17, 15) is 14.5 Å². The van der Waals surface area contributed by atoms with Gasteiger partial charge in [0.05, 0.1) is 29.5 Å². The zero-order chi connectivity index (χ0) is 14.5. The lowest BCUT2D eigenvalue weighted by Crippen LogP contribution is -2.45. The highest BCUT2D eigenvalue weighted by molar-refractivity contribution is 5.85. The van der Waals surface area contributed by atoms with E-state index in [4.69, 9.17) is 5.26 Å². The summed E-state index contributed by atoms with van der Waals surface area (Å²) in [5, 5.41) is 23.3. The number of nitrogens with one attached hydrogen (secondary N) is 1. The molecule has 0 radical (unpaired) electrons. The van der Waals surface area contributed by atoms with Gasteiger partial charge in [0, 0.05) is 31.7 Å². The van der Waals surface area contributed by atoms with E-state index < -0.39 is 10.7 Å². The quantitative estimate of drug-likeness (QED) is 0.666. The lowest BCUT2D eigenvalue weighted by atomic mass is 9.99. The fraction of sp³-hybridized carbons (Fsp3) is 0.462. The van der Waals surface area contributed by atoms with Gasteiger partial charge in [-0.1, -0.05) is 0 Å². The highest BCUT2D eigenvalue weighted by atomic mass is 35.5. The predicted octanol–water partition coefficient (Wildman–Crippen LogP) is 2.44. The first-order valence-electron chi connectivity index (χ1n) is 6.39. The number of hydrogen-bond donors (Lipinski definition) is 1. The van der Waals surface area contributed by atoms with Crippen molar-refractivity contribution in [3.8, 4) is 6.07 Å². The van der Waals surface area contributed by atoms with Crippen molar-refractivity contribution < 1.29 is 9.31 Å². The molecule has 1 fully saturated rings. The molecule has 0 bridgehead atoms. The Kier molecular flexibility index (Phi) is 8.90. The zero-order valence-electron chi connectivity index (χ0n) is 11.7. The van der Waals surface area contributed by atoms with Crippen LogP contribution in [0.5, 0.6) is 0 Å². The minimum atomic E-state index is -0.642. The average Bonchev–Trinajstić information content (AvgIpc) is 2.46. The summed E-state index contributed by atoms with van der Waals surface area (Å²) in [6, 6.07) is 5.23. The van der Waals surface area contributed by atoms with Gasteiger partial charge in [0.25, 0.3) is 5.69 Å². The Morgan fingerprint density at radius 1 is 1.41 bits per heavy atom. The van der Waals surface area contributed by atoms with Gasteiger partial charge in [-0.05, 0) is 12.1 Å². The third kappa shape index (κ3) is 4.78. The largest absolute Gasteiger partial charge is 0.314 e. The minimum Gasteiger partial charge on any atom is -0.314 e. The Morgan fingerprint density at radius 2 is 2.05 bits per heavy atom. The molecule has 0 unspecified atom stereocenters. The molecule has 1 atom stereocenters. The molecule has 0 aliphatic carbocycles. The fourth-order valence-electron chi connectivity index (χ4n) is 2.47. The van der Waals surface area contributed by atoms with Crippen molar-refractivity contribution in [3.05, 3.63) is 39.7 Å². The van der Waals surface area contributed by atoms with Gasteiger partial charge in [-0.15, -0.1) is 24.8 Å². The monoisotopic (exact) mass is 350 g/mol. The summed E-state index contributed by atoms with van der Waals surface area (Å²) in [5.74, 6) is -0.642. The predicted molar refractivity (Wildman–Crippen MR) is 85.0 cm³/mol. The average molecular weight is 351 g/mol. The summed E-state index contributed by atoms with van der Waals surface area (Å²) in [5.41, 5.74) is 0.142. The number of piperazine rings is 1. The summed E-state index contributed by atoms with van der Waals surface area (Å²) >= 11 is 0. The van der Waals surface area contributed by atoms with Crippen LogP contribution in [-0.2, 0) is 0 Å². The molecular formula is C13H17Cl2FN4O2. The number of nitro groups is 1. The van der Waals surface area contributed by atoms with Gasteiger partial charge in [0.15, 0.2) is 0 Å². The molecule has 1 saturated heterocycles. The SMILES string of the molecule is Cl.Cl.N#CC[C@H](c1ccc(F)cc1[N+](=O)[O-])N1CCNCC1. The number of nitriles is 1. The highest BCUT2D eigenvalue weighted by Gasteiger charge is 2.28. The van der Waals surface area contributed by atoms with Crippen LogP contribution in [-0.4, -0.2) is 36.0 Å². The van der Waals surface area contributed by atoms with Gasteiger partial charge < -0.3 is 5.32 Å². The smallest absolute Gasteiger partial charge is 0.277 e. The summed E-state index contributed by atoms with van der Waals surface area (Å²) in [6.07, 6.45) is 0.145. The van der Waals surface area contributed by atoms with Crippen LogP contribution in [0.15, 0.2) is 18.2 Å². The van der Waals surface area contributed by atoms with Gasteiger partial charge in [0.1, 0.15) is 5.82 Å². The Hall–Kier alpha value is -1.46. The lowest BCUT2D eigenvalue weighted by molar-refractivity contribution is -0.386. The molecule has 1 aromatic carbocycles. The number of halogens is 3. The zero-order valence-corrected chi connectivity index (χ0v) is 13.3. The van der Waals surface area contributed by atoms with E-state index in [1.807, 2.05) is 4.90 Å². The van der Waals surface area contributed by atoms with Gasteiger partial charge in [0.2, 0.25) is 0 Å². The van der Waals surface area contributed by atoms with Crippen molar-refractivity contribution in [2.45, 2.75) is 12.5 Å². The molecule has 1 aliphatic rings. The van der Waals surface area contributed by atoms with Gasteiger partial charge in [-0.25, -0.2) is 4.39 Å². The molecule has 1 aromatic rings. The van der Waals surface area contributed by atoms with Crippen molar-refractivity contribution in [2.24, 2.45) is 0 Å². The van der Waals surface area contributed by atoms with Gasteiger partial charge in [-0.2, -0.15) is 5.26 Å². The van der Waals surface area contributed by atoms with Crippen molar-refractivity contribution in [1.82, 2.24) is 10.2 Å². The molecule has 6 nitrogen and oxygen atoms in total. The third-order valence-electron chi connectivity index (χ3n) is 3.43. The van der Waals surface area contributed by atoms with Crippen LogP contribution >= 0.6 is 24.8 Å². The maximum absolute atomic E-state index is 13.2. The molecule has 9 heteroatoms. The van der Waals surface area contributed by atoms with E-state index in [1.165, 1.54) is 12.1 Å². The number of nitro benzene ring substituents is 1. The molecule has 1 heterocycles. The standard InChI is InChI=1S/C13H15FN4O2.2ClH/c14-10-1-2-11(13(9-10)18(19)20)12(3-4-15)17-7-5-16-6-8-17;;/h1-2,9,12,16H,3,5-8H2;2*1H/t12-;;/m1../s1. The van der Waals surface area contributed by atoms with Crippen LogP contribution in [0.25, 0.3) is 0 Å². The van der Waals surface area contributed by atoms with Crippen molar-refractivity contribution in [1.29, 1.82) is 5.26 Å². The molecule has 0 amide bonds. The highest BCUT2D eigenvalue weighted by Crippen LogP contribution is 2.32. The Morgan fingerprint density at radius 3 is 2.59 bits per heavy atom. The second-order valence-electron chi connectivity index (χ2n) is 4.62. The van der Waals surface area contributed by atoms with Crippen LogP contribution in [0.3, 0.4) is 0 Å². The first-order valence-corrected chi connectivity index (χ1v) is 6.39. The van der Waals surface area contributed by atoms with E-state index in [2.05, 4.69) is 11.4 Å². The van der Waals surface area contributed by atoms with E-state index in [0.29, 0.717) is 18.7 Å². The Labute approximate surface area is 140 Å². The number of benzene rings is 1. The number of rotatable bonds is 4. The van der Waals surface area contributed by atoms with Gasteiger partial charge >= 0.3 is 0 Å². The number of nitrogens with zero attached hydrogens (tertiary/aromatic N) is 3. The fourth-order valence-corrected chi connectivity index (χ4v) is 2.47. The maximum Gasteiger partial charge on any atom is 0.277 e. The normalized spacial score (nSPS) is 15.8. The summed E-state index contributed by atoms with van der Waals surface area (Å²) < 4.78 is 13.2. The molecule has 122 valence electrons. The van der Waals surface area contributed by atoms with Crippen molar-refractivity contribution in [2.75, 3.05) is 26.2 Å². The number of hydrogen-bond acceptors (Lipinski definition) is 5. The minimum absolute atomic E-state index is 0. The molecule has 0 spiro atoms. The second kappa shape index (κ2) is 9.54. The van der Waals surface area contributed by atoms with Crippen LogP contribution in [0.1, 0.15) is 18.0 Å². The first-order chi connectivity index (χ1) is 9.63. The van der Waals surface area contributed by atoms with E-state index in [0.717, 1.165) is 19.2 Å². The summed E-state index contributed by atoms with van der Waals surface area (Å²) in [4.78, 5) is 12.5. The van der Waals surface area contributed by atoms with Crippen molar-refractivity contribution >= 4 is 30.5 Å². The molecule has 22 heavy (non-hydrogen) atoms. The maximum atomic E-state index is 13.2. The van der Waals surface area contributed by atoms with Crippen LogP contribution in [0.2, 0.25) is 0 Å². The lowest BCUT2D eigenvalue weighted by Gasteiger charge is -2.33. The Balaban J connectivity index is 0.00000220. The van der Waals surface area contributed by atoms with Crippen LogP contribution in [0, 0.1) is 27.3 Å². The van der Waals surface area contributed by atoms with Gasteiger partial charge in [-0.3, -0.25) is 15.0 Å². The molecular weight excluding hydrogens is 334 g/mol. The van der Waals surface area contributed by atoms with E-state index in [-0.39, 0.29) is 43.0 Å². The molecule has 0 aromatic heterocycles. The molecule has 0 saturated carbocycles. The summed E-state index contributed by atoms with van der Waals surface area (Å²) in [6.45, 7) is 2.97. The van der Waals surface area contributed by atoms with E-state index >= 15 is 0 Å². The summed E-state index contributed by atoms with van der Waals surface area (Å²) in [7, 11) is 0. The molecule has 2 rings (SSSR count).